The molecule has 9 nitrogen and oxygen atoms in total. The molecule has 0 saturated heterocycles. The Balaban J connectivity index is 0.000000289. The van der Waals surface area contributed by atoms with Gasteiger partial charge in [-0.2, -0.15) is 13.5 Å². The standard InChI is InChI=1S/C8H8Cl2N4O2.C7H8O3S/c9-5-1-4(7(15)6(10)2-5)3-12-13-8(11)14-16;1-6-2-4-7(5-3-6)11(8,9)10/h1-3,15-16H,(H3,11,13,14);2-5H,1H3,(H,8,9,10). The van der Waals surface area contributed by atoms with E-state index in [-0.39, 0.29) is 27.2 Å². The van der Waals surface area contributed by atoms with Crippen molar-refractivity contribution >= 4 is 45.5 Å². The van der Waals surface area contributed by atoms with Gasteiger partial charge in [-0.1, -0.05) is 40.9 Å². The van der Waals surface area contributed by atoms with Crippen molar-refractivity contribution in [3.05, 3.63) is 57.6 Å². The second-order valence-electron chi connectivity index (χ2n) is 4.96. The van der Waals surface area contributed by atoms with E-state index in [4.69, 9.17) is 38.7 Å². The van der Waals surface area contributed by atoms with Gasteiger partial charge in [0.1, 0.15) is 5.75 Å². The highest BCUT2D eigenvalue weighted by atomic mass is 35.5. The Kier molecular flexibility index (Phi) is 8.47. The largest absolute Gasteiger partial charge is 0.506 e. The summed E-state index contributed by atoms with van der Waals surface area (Å²) in [6.07, 6.45) is 1.19. The van der Waals surface area contributed by atoms with E-state index in [9.17, 15) is 13.5 Å². The van der Waals surface area contributed by atoms with Crippen molar-refractivity contribution in [1.29, 1.82) is 0 Å². The van der Waals surface area contributed by atoms with Crippen LogP contribution in [0.1, 0.15) is 11.1 Å². The lowest BCUT2D eigenvalue weighted by Gasteiger charge is -2.01. The van der Waals surface area contributed by atoms with Crippen LogP contribution in [0.4, 0.5) is 0 Å². The maximum Gasteiger partial charge on any atom is 0.294 e. The maximum absolute atomic E-state index is 10.5. The SMILES string of the molecule is Cc1ccc(S(=O)(=O)O)cc1.N/C(=N\N=Cc1cc(Cl)cc(Cl)c1O)NO. The Morgan fingerprint density at radius 2 is 1.81 bits per heavy atom. The topological polar surface area (TPSA) is 158 Å². The van der Waals surface area contributed by atoms with Gasteiger partial charge in [0.2, 0.25) is 5.96 Å². The first-order valence-corrected chi connectivity index (χ1v) is 9.23. The van der Waals surface area contributed by atoms with Crippen molar-refractivity contribution in [3.8, 4) is 5.75 Å². The summed E-state index contributed by atoms with van der Waals surface area (Å²) >= 11 is 11.4. The lowest BCUT2D eigenvalue weighted by molar-refractivity contribution is 0.232. The van der Waals surface area contributed by atoms with Gasteiger partial charge in [0.05, 0.1) is 16.1 Å². The summed E-state index contributed by atoms with van der Waals surface area (Å²) in [5.41, 5.74) is 7.92. The summed E-state index contributed by atoms with van der Waals surface area (Å²) in [6, 6.07) is 8.83. The van der Waals surface area contributed by atoms with E-state index < -0.39 is 10.1 Å². The molecule has 12 heteroatoms. The molecule has 0 aliphatic rings. The monoisotopic (exact) mass is 434 g/mol. The first-order chi connectivity index (χ1) is 12.5. The number of aryl methyl sites for hydroxylation is 1. The molecule has 6 N–H and O–H groups in total. The summed E-state index contributed by atoms with van der Waals surface area (Å²) in [7, 11) is -4.02. The number of rotatable bonds is 3. The van der Waals surface area contributed by atoms with E-state index in [0.717, 1.165) is 5.56 Å². The second kappa shape index (κ2) is 10.1. The quantitative estimate of drug-likeness (QED) is 0.215. The third kappa shape index (κ3) is 7.81. The first-order valence-electron chi connectivity index (χ1n) is 7.03. The van der Waals surface area contributed by atoms with Crippen molar-refractivity contribution in [2.45, 2.75) is 11.8 Å². The number of phenols is 1. The van der Waals surface area contributed by atoms with Crippen LogP contribution in [-0.4, -0.2) is 35.5 Å². The van der Waals surface area contributed by atoms with Crippen molar-refractivity contribution in [2.24, 2.45) is 15.9 Å². The lowest BCUT2D eigenvalue weighted by Crippen LogP contribution is -2.27. The fourth-order valence-corrected chi connectivity index (χ4v) is 2.56. The number of nitrogens with zero attached hydrogens (tertiary/aromatic N) is 2. The molecule has 2 rings (SSSR count). The Morgan fingerprint density at radius 1 is 1.22 bits per heavy atom. The zero-order chi connectivity index (χ0) is 20.6. The van der Waals surface area contributed by atoms with Crippen molar-refractivity contribution in [2.75, 3.05) is 0 Å². The van der Waals surface area contributed by atoms with Crippen LogP contribution in [0.3, 0.4) is 0 Å². The fourth-order valence-electron chi connectivity index (χ4n) is 1.57. The number of phenolic OH excluding ortho intramolecular Hbond substituents is 1. The molecule has 0 bridgehead atoms. The van der Waals surface area contributed by atoms with Gasteiger partial charge < -0.3 is 10.8 Å². The molecule has 0 aromatic heterocycles. The predicted molar refractivity (Wildman–Crippen MR) is 103 cm³/mol. The van der Waals surface area contributed by atoms with Crippen LogP contribution >= 0.6 is 23.2 Å². The van der Waals surface area contributed by atoms with Crippen molar-refractivity contribution < 1.29 is 23.3 Å². The third-order valence-electron chi connectivity index (χ3n) is 2.85. The minimum atomic E-state index is -4.02. The molecule has 0 aliphatic heterocycles. The molecule has 0 aliphatic carbocycles. The normalized spacial score (nSPS) is 11.8. The van der Waals surface area contributed by atoms with Crippen LogP contribution in [0, 0.1) is 6.92 Å². The van der Waals surface area contributed by atoms with E-state index in [1.165, 1.54) is 30.5 Å². The van der Waals surface area contributed by atoms with Crippen LogP contribution < -0.4 is 11.2 Å². The minimum absolute atomic E-state index is 0.0666. The number of hydrogen-bond donors (Lipinski definition) is 5. The molecule has 0 heterocycles. The number of guanidine groups is 1. The molecule has 0 spiro atoms. The second-order valence-corrected chi connectivity index (χ2v) is 7.22. The van der Waals surface area contributed by atoms with E-state index in [1.54, 1.807) is 17.6 Å². The van der Waals surface area contributed by atoms with Gasteiger partial charge in [-0.05, 0) is 31.2 Å². The van der Waals surface area contributed by atoms with Crippen LogP contribution in [-0.2, 0) is 10.1 Å². The Morgan fingerprint density at radius 3 is 2.33 bits per heavy atom. The van der Waals surface area contributed by atoms with E-state index in [1.807, 2.05) is 6.92 Å². The van der Waals surface area contributed by atoms with Gasteiger partial charge in [-0.3, -0.25) is 9.76 Å². The molecule has 0 saturated carbocycles. The summed E-state index contributed by atoms with van der Waals surface area (Å²) in [6.45, 7) is 1.84. The molecular formula is C15H16Cl2N4O5S. The summed E-state index contributed by atoms with van der Waals surface area (Å²) in [5.74, 6) is -0.454. The molecule has 0 atom stereocenters. The Bertz CT molecular complexity index is 947. The van der Waals surface area contributed by atoms with Gasteiger partial charge in [-0.15, -0.1) is 5.10 Å². The lowest BCUT2D eigenvalue weighted by atomic mass is 10.2. The fraction of sp³-hybridized carbons (Fsp3) is 0.0667. The average molecular weight is 435 g/mol. The highest BCUT2D eigenvalue weighted by Gasteiger charge is 2.07. The average Bonchev–Trinajstić information content (AvgIpc) is 2.59. The van der Waals surface area contributed by atoms with Gasteiger partial charge >= 0.3 is 0 Å². The van der Waals surface area contributed by atoms with E-state index in [0.29, 0.717) is 5.02 Å². The molecular weight excluding hydrogens is 419 g/mol. The molecule has 2 aromatic rings. The zero-order valence-corrected chi connectivity index (χ0v) is 16.2. The Labute approximate surface area is 165 Å². The first kappa shape index (κ1) is 22.7. The maximum atomic E-state index is 10.5. The van der Waals surface area contributed by atoms with Crippen LogP contribution in [0.2, 0.25) is 10.0 Å². The molecule has 2 aromatic carbocycles. The number of hydrogen-bond acceptors (Lipinski definition) is 6. The Hall–Kier alpha value is -2.37. The van der Waals surface area contributed by atoms with Crippen LogP contribution in [0.25, 0.3) is 0 Å². The van der Waals surface area contributed by atoms with Gasteiger partial charge in [0.25, 0.3) is 10.1 Å². The van der Waals surface area contributed by atoms with E-state index in [2.05, 4.69) is 10.2 Å². The molecule has 0 radical (unpaired) electrons. The van der Waals surface area contributed by atoms with Crippen molar-refractivity contribution in [1.82, 2.24) is 5.48 Å². The van der Waals surface area contributed by atoms with Crippen LogP contribution in [0.5, 0.6) is 5.75 Å². The molecule has 0 unspecified atom stereocenters. The number of nitrogens with two attached hydrogens (primary N) is 1. The predicted octanol–water partition coefficient (Wildman–Crippen LogP) is 2.57. The molecule has 0 amide bonds. The van der Waals surface area contributed by atoms with Gasteiger partial charge in [-0.25, -0.2) is 5.48 Å². The highest BCUT2D eigenvalue weighted by Crippen LogP contribution is 2.29. The van der Waals surface area contributed by atoms with Gasteiger partial charge in [0.15, 0.2) is 0 Å². The summed E-state index contributed by atoms with van der Waals surface area (Å²) in [5, 5.41) is 25.1. The van der Waals surface area contributed by atoms with Crippen molar-refractivity contribution in [3.63, 3.8) is 0 Å². The smallest absolute Gasteiger partial charge is 0.294 e. The number of nitrogens with one attached hydrogen (secondary N) is 1. The number of hydroxylamine groups is 1. The molecule has 146 valence electrons. The molecule has 27 heavy (non-hydrogen) atoms. The molecule has 0 fully saturated rings. The minimum Gasteiger partial charge on any atom is -0.506 e. The summed E-state index contributed by atoms with van der Waals surface area (Å²) in [4.78, 5) is -0.0666. The number of halogens is 2. The van der Waals surface area contributed by atoms with E-state index >= 15 is 0 Å². The number of benzene rings is 2. The number of aromatic hydroxyl groups is 1. The summed E-state index contributed by atoms with van der Waals surface area (Å²) < 4.78 is 29.6. The van der Waals surface area contributed by atoms with Crippen LogP contribution in [0.15, 0.2) is 51.5 Å². The van der Waals surface area contributed by atoms with Gasteiger partial charge in [0, 0.05) is 10.6 Å². The highest BCUT2D eigenvalue weighted by molar-refractivity contribution is 7.85. The zero-order valence-electron chi connectivity index (χ0n) is 13.8. The third-order valence-corrected chi connectivity index (χ3v) is 4.23.